The number of hydrogen-bond donors (Lipinski definition) is 1. The Hall–Kier alpha value is -1.26. The summed E-state index contributed by atoms with van der Waals surface area (Å²) >= 11 is 0. The van der Waals surface area contributed by atoms with Gasteiger partial charge in [-0.1, -0.05) is 0 Å². The Kier molecular flexibility index (Phi) is 2.36. The average molecular weight is 227 g/mol. The van der Waals surface area contributed by atoms with Crippen LogP contribution in [0.4, 0.5) is 4.79 Å². The van der Waals surface area contributed by atoms with Gasteiger partial charge in [0.05, 0.1) is 5.92 Å². The van der Waals surface area contributed by atoms with E-state index in [1.165, 1.54) is 0 Å². The zero-order valence-electron chi connectivity index (χ0n) is 9.77. The van der Waals surface area contributed by atoms with Crippen molar-refractivity contribution in [2.24, 2.45) is 11.8 Å². The second-order valence-corrected chi connectivity index (χ2v) is 5.54. The average Bonchev–Trinajstić information content (AvgIpc) is 2.76. The number of piperidine rings is 1. The lowest BCUT2D eigenvalue weighted by Gasteiger charge is -2.25. The minimum Gasteiger partial charge on any atom is -0.481 e. The quantitative estimate of drug-likeness (QED) is 0.733. The molecule has 1 amide bonds. The van der Waals surface area contributed by atoms with Crippen molar-refractivity contribution in [1.82, 2.24) is 4.90 Å². The fourth-order valence-corrected chi connectivity index (χ4v) is 2.27. The number of carboxylic acid groups (broad SMARTS) is 1. The molecule has 0 aromatic rings. The molecule has 2 aliphatic rings. The van der Waals surface area contributed by atoms with Gasteiger partial charge < -0.3 is 14.7 Å². The third-order valence-electron chi connectivity index (χ3n) is 3.06. The predicted molar refractivity (Wildman–Crippen MR) is 56.0 cm³/mol. The van der Waals surface area contributed by atoms with E-state index in [1.54, 1.807) is 25.7 Å². The second kappa shape index (κ2) is 3.37. The molecule has 0 radical (unpaired) electrons. The number of aliphatic carboxylic acids is 1. The molecule has 5 nitrogen and oxygen atoms in total. The Labute approximate surface area is 94.4 Å². The van der Waals surface area contributed by atoms with Crippen LogP contribution in [0.15, 0.2) is 0 Å². The molecule has 5 heteroatoms. The summed E-state index contributed by atoms with van der Waals surface area (Å²) in [5, 5.41) is 8.96. The lowest BCUT2D eigenvalue weighted by molar-refractivity contribution is -0.142. The summed E-state index contributed by atoms with van der Waals surface area (Å²) in [6.07, 6.45) is 0.416. The van der Waals surface area contributed by atoms with Crippen molar-refractivity contribution in [2.75, 3.05) is 6.54 Å². The smallest absolute Gasteiger partial charge is 0.410 e. The van der Waals surface area contributed by atoms with Crippen LogP contribution >= 0.6 is 0 Å². The van der Waals surface area contributed by atoms with Crippen LogP contribution in [0.1, 0.15) is 27.2 Å². The minimum absolute atomic E-state index is 0.0935. The first kappa shape index (κ1) is 11.2. The van der Waals surface area contributed by atoms with E-state index in [-0.39, 0.29) is 18.1 Å². The van der Waals surface area contributed by atoms with Gasteiger partial charge in [0.2, 0.25) is 0 Å². The van der Waals surface area contributed by atoms with E-state index in [4.69, 9.17) is 9.84 Å². The maximum Gasteiger partial charge on any atom is 0.410 e. The standard InChI is InChI=1S/C11H17NO4/c1-11(2,3)16-10(15)12-5-7(9(13)14)6-4-8(6)12/h6-8H,4-5H2,1-3H3,(H,13,14). The Morgan fingerprint density at radius 2 is 2.00 bits per heavy atom. The van der Waals surface area contributed by atoms with Gasteiger partial charge >= 0.3 is 12.1 Å². The highest BCUT2D eigenvalue weighted by Gasteiger charge is 2.58. The van der Waals surface area contributed by atoms with Crippen LogP contribution in [0.5, 0.6) is 0 Å². The number of fused-ring (bicyclic) bond motifs is 1. The lowest BCUT2D eigenvalue weighted by Crippen LogP contribution is -2.38. The number of amides is 1. The summed E-state index contributed by atoms with van der Waals surface area (Å²) in [7, 11) is 0. The van der Waals surface area contributed by atoms with E-state index in [1.807, 2.05) is 0 Å². The summed E-state index contributed by atoms with van der Waals surface area (Å²) in [6.45, 7) is 5.71. The molecule has 1 saturated heterocycles. The summed E-state index contributed by atoms with van der Waals surface area (Å²) in [4.78, 5) is 24.3. The monoisotopic (exact) mass is 227 g/mol. The van der Waals surface area contributed by atoms with Gasteiger partial charge in [0, 0.05) is 12.6 Å². The Bertz CT molecular complexity index is 333. The molecular weight excluding hydrogens is 210 g/mol. The molecule has 90 valence electrons. The van der Waals surface area contributed by atoms with Crippen LogP contribution < -0.4 is 0 Å². The molecule has 0 aromatic heterocycles. The number of likely N-dealkylation sites (tertiary alicyclic amines) is 1. The molecular formula is C11H17NO4. The van der Waals surface area contributed by atoms with Gasteiger partial charge in [-0.25, -0.2) is 4.79 Å². The molecule has 0 bridgehead atoms. The first-order valence-electron chi connectivity index (χ1n) is 5.52. The summed E-state index contributed by atoms with van der Waals surface area (Å²) in [5.74, 6) is -1.07. The summed E-state index contributed by atoms with van der Waals surface area (Å²) < 4.78 is 5.24. The van der Waals surface area contributed by atoms with Gasteiger partial charge in [-0.2, -0.15) is 0 Å². The zero-order valence-corrected chi connectivity index (χ0v) is 9.77. The van der Waals surface area contributed by atoms with Gasteiger partial charge in [-0.3, -0.25) is 4.79 Å². The summed E-state index contributed by atoms with van der Waals surface area (Å²) in [6, 6.07) is 0.0935. The van der Waals surface area contributed by atoms with Crippen molar-refractivity contribution >= 4 is 12.1 Å². The van der Waals surface area contributed by atoms with Crippen LogP contribution in [0.25, 0.3) is 0 Å². The van der Waals surface area contributed by atoms with Crippen LogP contribution in [-0.4, -0.2) is 40.3 Å². The Morgan fingerprint density at radius 3 is 2.44 bits per heavy atom. The normalized spacial score (nSPS) is 32.2. The molecule has 1 saturated carbocycles. The Balaban J connectivity index is 1.98. The Morgan fingerprint density at radius 1 is 1.38 bits per heavy atom. The van der Waals surface area contributed by atoms with Crippen molar-refractivity contribution in [1.29, 1.82) is 0 Å². The number of rotatable bonds is 1. The van der Waals surface area contributed by atoms with Crippen LogP contribution in [0, 0.1) is 11.8 Å². The van der Waals surface area contributed by atoms with Crippen molar-refractivity contribution in [3.8, 4) is 0 Å². The molecule has 1 heterocycles. The first-order valence-corrected chi connectivity index (χ1v) is 5.52. The highest BCUT2D eigenvalue weighted by Crippen LogP contribution is 2.48. The molecule has 1 aliphatic carbocycles. The minimum atomic E-state index is -0.807. The van der Waals surface area contributed by atoms with Gasteiger partial charge in [-0.15, -0.1) is 0 Å². The molecule has 0 spiro atoms. The van der Waals surface area contributed by atoms with E-state index in [9.17, 15) is 9.59 Å². The maximum atomic E-state index is 11.8. The highest BCUT2D eigenvalue weighted by molar-refractivity contribution is 5.76. The fraction of sp³-hybridized carbons (Fsp3) is 0.818. The van der Waals surface area contributed by atoms with Gasteiger partial charge in [-0.05, 0) is 33.1 Å². The molecule has 2 rings (SSSR count). The van der Waals surface area contributed by atoms with Gasteiger partial charge in [0.15, 0.2) is 0 Å². The molecule has 1 aliphatic heterocycles. The number of hydrogen-bond acceptors (Lipinski definition) is 3. The maximum absolute atomic E-state index is 11.8. The number of carboxylic acids is 1. The van der Waals surface area contributed by atoms with E-state index < -0.39 is 17.5 Å². The van der Waals surface area contributed by atoms with Crippen molar-refractivity contribution in [3.05, 3.63) is 0 Å². The largest absolute Gasteiger partial charge is 0.481 e. The highest BCUT2D eigenvalue weighted by atomic mass is 16.6. The number of ether oxygens (including phenoxy) is 1. The molecule has 3 unspecified atom stereocenters. The van der Waals surface area contributed by atoms with E-state index in [0.29, 0.717) is 6.54 Å². The van der Waals surface area contributed by atoms with E-state index in [0.717, 1.165) is 6.42 Å². The topological polar surface area (TPSA) is 66.8 Å². The molecule has 2 fully saturated rings. The predicted octanol–water partition coefficient (Wildman–Crippen LogP) is 1.33. The number of carbonyl (C=O) groups excluding carboxylic acids is 1. The van der Waals surface area contributed by atoms with Crippen LogP contribution in [-0.2, 0) is 9.53 Å². The van der Waals surface area contributed by atoms with Crippen molar-refractivity contribution in [2.45, 2.75) is 38.8 Å². The van der Waals surface area contributed by atoms with Gasteiger partial charge in [0.25, 0.3) is 0 Å². The molecule has 0 aromatic carbocycles. The van der Waals surface area contributed by atoms with Gasteiger partial charge in [0.1, 0.15) is 5.60 Å². The van der Waals surface area contributed by atoms with E-state index in [2.05, 4.69) is 0 Å². The molecule has 3 atom stereocenters. The lowest BCUT2D eigenvalue weighted by atomic mass is 10.1. The SMILES string of the molecule is CC(C)(C)OC(=O)N1CC(C(=O)O)C2CC21. The van der Waals surface area contributed by atoms with E-state index >= 15 is 0 Å². The van der Waals surface area contributed by atoms with Crippen LogP contribution in [0.2, 0.25) is 0 Å². The summed E-state index contributed by atoms with van der Waals surface area (Å²) in [5.41, 5.74) is -0.525. The molecule has 16 heavy (non-hydrogen) atoms. The van der Waals surface area contributed by atoms with Crippen molar-refractivity contribution < 1.29 is 19.4 Å². The first-order chi connectivity index (χ1) is 7.29. The fourth-order valence-electron chi connectivity index (χ4n) is 2.27. The third kappa shape index (κ3) is 1.99. The second-order valence-electron chi connectivity index (χ2n) is 5.54. The van der Waals surface area contributed by atoms with Crippen molar-refractivity contribution in [3.63, 3.8) is 0 Å². The third-order valence-corrected chi connectivity index (χ3v) is 3.06. The number of carbonyl (C=O) groups is 2. The zero-order chi connectivity index (χ0) is 12.1. The van der Waals surface area contributed by atoms with Crippen LogP contribution in [0.3, 0.4) is 0 Å². The number of nitrogens with zero attached hydrogens (tertiary/aromatic N) is 1. The molecule has 1 N–H and O–H groups in total.